The molecule has 18 heavy (non-hydrogen) atoms. The molecule has 0 saturated carbocycles. The largest absolute Gasteiger partial charge is 0.441 e. The molecule has 102 valence electrons. The van der Waals surface area contributed by atoms with Gasteiger partial charge in [0, 0.05) is 5.56 Å². The molecule has 3 nitrogen and oxygen atoms in total. The number of aryl methyl sites for hydroxylation is 1. The topological polar surface area (TPSA) is 60.7 Å². The van der Waals surface area contributed by atoms with Crippen molar-refractivity contribution >= 4 is 13.2 Å². The number of hydrogen-bond acceptors (Lipinski definition) is 3. The minimum atomic E-state index is -3.90. The number of unbranched alkanes of at least 4 members (excludes halogenated alkanes) is 2. The van der Waals surface area contributed by atoms with Crippen LogP contribution in [-0.2, 0) is 12.8 Å². The van der Waals surface area contributed by atoms with E-state index >= 15 is 0 Å². The van der Waals surface area contributed by atoms with Gasteiger partial charge in [-0.15, -0.1) is 0 Å². The zero-order valence-electron chi connectivity index (χ0n) is 11.3. The predicted molar refractivity (Wildman–Crippen MR) is 76.9 cm³/mol. The smallest absolute Gasteiger partial charge is 0.189 e. The van der Waals surface area contributed by atoms with Crippen LogP contribution in [-0.4, -0.2) is 14.7 Å². The third kappa shape index (κ3) is 4.33. The Bertz CT molecular complexity index is 372. The van der Waals surface area contributed by atoms with Crippen molar-refractivity contribution in [1.82, 2.24) is 0 Å². The van der Waals surface area contributed by atoms with E-state index in [1.165, 1.54) is 0 Å². The lowest BCUT2D eigenvalue weighted by Gasteiger charge is -2.14. The maximum absolute atomic E-state index is 9.54. The van der Waals surface area contributed by atoms with Crippen molar-refractivity contribution in [3.63, 3.8) is 0 Å². The Balaban J connectivity index is 3.08. The average Bonchev–Trinajstić information content (AvgIpc) is 2.32. The molecule has 0 atom stereocenters. The molecule has 0 spiro atoms. The van der Waals surface area contributed by atoms with Gasteiger partial charge in [0.05, 0.1) is 0 Å². The first kappa shape index (κ1) is 15.6. The molecule has 1 rings (SSSR count). The molecular formula is C14H24O3P+. The van der Waals surface area contributed by atoms with Gasteiger partial charge in [0.25, 0.3) is 0 Å². The van der Waals surface area contributed by atoms with Crippen LogP contribution in [0.1, 0.15) is 50.7 Å². The van der Waals surface area contributed by atoms with Crippen LogP contribution in [0, 0.1) is 0 Å². The van der Waals surface area contributed by atoms with Gasteiger partial charge in [-0.3, -0.25) is 0 Å². The monoisotopic (exact) mass is 271 g/mol. The van der Waals surface area contributed by atoms with Crippen LogP contribution in [0.5, 0.6) is 0 Å². The van der Waals surface area contributed by atoms with E-state index in [0.717, 1.165) is 49.7 Å². The molecular weight excluding hydrogens is 247 g/mol. The lowest BCUT2D eigenvalue weighted by atomic mass is 9.98. The van der Waals surface area contributed by atoms with Crippen LogP contribution in [0.2, 0.25) is 0 Å². The second kappa shape index (κ2) is 7.20. The Labute approximate surface area is 110 Å². The molecule has 1 aromatic carbocycles. The van der Waals surface area contributed by atoms with Gasteiger partial charge < -0.3 is 0 Å². The lowest BCUT2D eigenvalue weighted by Crippen LogP contribution is -2.17. The summed E-state index contributed by atoms with van der Waals surface area (Å²) >= 11 is 0. The summed E-state index contributed by atoms with van der Waals surface area (Å²) in [6.45, 7) is 4.24. The van der Waals surface area contributed by atoms with Crippen molar-refractivity contribution in [2.24, 2.45) is 0 Å². The molecule has 0 saturated heterocycles. The third-order valence-electron chi connectivity index (χ3n) is 3.15. The predicted octanol–water partition coefficient (Wildman–Crippen LogP) is 2.74. The van der Waals surface area contributed by atoms with Crippen molar-refractivity contribution in [3.8, 4) is 0 Å². The van der Waals surface area contributed by atoms with Crippen LogP contribution in [0.15, 0.2) is 18.2 Å². The molecule has 1 aromatic rings. The van der Waals surface area contributed by atoms with Crippen LogP contribution in [0.25, 0.3) is 0 Å². The van der Waals surface area contributed by atoms with Crippen molar-refractivity contribution in [2.75, 3.05) is 0 Å². The molecule has 0 aliphatic carbocycles. The fourth-order valence-corrected chi connectivity index (χ4v) is 3.05. The second-order valence-corrected chi connectivity index (χ2v) is 6.31. The number of rotatable bonds is 7. The zero-order chi connectivity index (χ0) is 13.6. The second-order valence-electron chi connectivity index (χ2n) is 4.69. The molecule has 4 heteroatoms. The highest BCUT2D eigenvalue weighted by molar-refractivity contribution is 7.66. The Morgan fingerprint density at radius 2 is 1.56 bits per heavy atom. The average molecular weight is 271 g/mol. The summed E-state index contributed by atoms with van der Waals surface area (Å²) in [5.41, 5.74) is 2.08. The molecule has 0 amide bonds. The van der Waals surface area contributed by atoms with E-state index in [0.29, 0.717) is 5.30 Å². The van der Waals surface area contributed by atoms with Gasteiger partial charge in [-0.25, -0.2) is 0 Å². The molecule has 0 aliphatic rings. The Kier molecular flexibility index (Phi) is 6.24. The highest BCUT2D eigenvalue weighted by Crippen LogP contribution is 2.44. The van der Waals surface area contributed by atoms with E-state index in [1.807, 2.05) is 6.07 Å². The molecule has 0 bridgehead atoms. The van der Waals surface area contributed by atoms with Gasteiger partial charge >= 0.3 is 7.94 Å². The molecule has 0 aliphatic heterocycles. The van der Waals surface area contributed by atoms with Gasteiger partial charge in [-0.1, -0.05) is 38.8 Å². The first-order valence-electron chi connectivity index (χ1n) is 6.69. The van der Waals surface area contributed by atoms with E-state index in [2.05, 4.69) is 13.8 Å². The molecule has 0 fully saturated rings. The quantitative estimate of drug-likeness (QED) is 0.668. The minimum Gasteiger partial charge on any atom is -0.189 e. The number of hydrogen-bond donors (Lipinski definition) is 3. The number of benzene rings is 1. The lowest BCUT2D eigenvalue weighted by molar-refractivity contribution is 0.346. The summed E-state index contributed by atoms with van der Waals surface area (Å²) in [7, 11) is -3.90. The van der Waals surface area contributed by atoms with Crippen molar-refractivity contribution in [3.05, 3.63) is 29.3 Å². The fourth-order valence-electron chi connectivity index (χ4n) is 2.15. The maximum atomic E-state index is 9.54. The summed E-state index contributed by atoms with van der Waals surface area (Å²) < 4.78 is 0. The van der Waals surface area contributed by atoms with Crippen LogP contribution >= 0.6 is 7.94 Å². The van der Waals surface area contributed by atoms with Crippen LogP contribution in [0.4, 0.5) is 0 Å². The van der Waals surface area contributed by atoms with E-state index in [4.69, 9.17) is 0 Å². The normalized spacial score (nSPS) is 11.8. The van der Waals surface area contributed by atoms with E-state index < -0.39 is 7.94 Å². The van der Waals surface area contributed by atoms with Crippen molar-refractivity contribution < 1.29 is 14.7 Å². The van der Waals surface area contributed by atoms with E-state index in [1.54, 1.807) is 12.1 Å². The molecule has 0 heterocycles. The molecule has 3 N–H and O–H groups in total. The highest BCUT2D eigenvalue weighted by atomic mass is 31.2. The maximum Gasteiger partial charge on any atom is 0.441 e. The highest BCUT2D eigenvalue weighted by Gasteiger charge is 2.37. The standard InChI is InChI=1S/C14H24O3P/c1-3-5-8-12-9-7-11-14(18(15,16)17)13(12)10-6-4-2/h7,9,11,15-17H,3-6,8,10H2,1-2H3/q+1. The first-order chi connectivity index (χ1) is 8.50. The SMILES string of the molecule is CCCCc1cccc([P+](O)(O)O)c1CCCC. The summed E-state index contributed by atoms with van der Waals surface area (Å²) in [6, 6.07) is 5.46. The third-order valence-corrected chi connectivity index (χ3v) is 4.22. The van der Waals surface area contributed by atoms with E-state index in [9.17, 15) is 14.7 Å². The molecule has 0 aromatic heterocycles. The Morgan fingerprint density at radius 3 is 2.11 bits per heavy atom. The fraction of sp³-hybridized carbons (Fsp3) is 0.571. The molecule has 0 unspecified atom stereocenters. The molecule has 0 radical (unpaired) electrons. The van der Waals surface area contributed by atoms with Gasteiger partial charge in [0.15, 0.2) is 5.30 Å². The zero-order valence-corrected chi connectivity index (χ0v) is 12.2. The summed E-state index contributed by atoms with van der Waals surface area (Å²) in [5, 5.41) is 0.338. The minimum absolute atomic E-state index is 0.338. The Hall–Kier alpha value is -0.470. The first-order valence-corrected chi connectivity index (χ1v) is 8.34. The van der Waals surface area contributed by atoms with Gasteiger partial charge in [-0.05, 0) is 37.3 Å². The van der Waals surface area contributed by atoms with Crippen LogP contribution < -0.4 is 5.30 Å². The van der Waals surface area contributed by atoms with Crippen molar-refractivity contribution in [2.45, 2.75) is 52.4 Å². The van der Waals surface area contributed by atoms with Gasteiger partial charge in [0.2, 0.25) is 0 Å². The van der Waals surface area contributed by atoms with E-state index in [-0.39, 0.29) is 0 Å². The summed E-state index contributed by atoms with van der Waals surface area (Å²) in [6.07, 6.45) is 5.97. The van der Waals surface area contributed by atoms with Gasteiger partial charge in [0.1, 0.15) is 0 Å². The summed E-state index contributed by atoms with van der Waals surface area (Å²) in [4.78, 5) is 28.6. The summed E-state index contributed by atoms with van der Waals surface area (Å²) in [5.74, 6) is 0. The Morgan fingerprint density at radius 1 is 0.944 bits per heavy atom. The van der Waals surface area contributed by atoms with Gasteiger partial charge in [-0.2, -0.15) is 14.7 Å². The van der Waals surface area contributed by atoms with Crippen molar-refractivity contribution in [1.29, 1.82) is 0 Å². The van der Waals surface area contributed by atoms with Crippen LogP contribution in [0.3, 0.4) is 0 Å².